The number of carbonyl (C=O) groups excluding carboxylic acids is 1. The standard InChI is InChI=1S/C17H24ClFN2O/c1-10-5-4-6-15(11(10)2)20-12(3)17(22)21-16-8-7-13(19)9-14(16)18/h7-12,15,20H,4-6H2,1-3H3,(H,21,22)/p+1/t10-,11-,12+,15+/m1/s1. The van der Waals surface area contributed by atoms with Crippen LogP contribution >= 0.6 is 11.6 Å². The van der Waals surface area contributed by atoms with E-state index >= 15 is 0 Å². The molecule has 1 aliphatic carbocycles. The SMILES string of the molecule is C[C@@H]1[C@H](C)CCC[C@@H]1[NH2+][C@@H](C)C(=O)Nc1ccc(F)cc1Cl. The Labute approximate surface area is 136 Å². The van der Waals surface area contributed by atoms with Gasteiger partial charge < -0.3 is 10.6 Å². The van der Waals surface area contributed by atoms with Gasteiger partial charge in [-0.15, -0.1) is 0 Å². The van der Waals surface area contributed by atoms with Gasteiger partial charge in [-0.2, -0.15) is 0 Å². The van der Waals surface area contributed by atoms with Crippen LogP contribution in [0.15, 0.2) is 18.2 Å². The lowest BCUT2D eigenvalue weighted by atomic mass is 9.78. The number of rotatable bonds is 4. The number of carbonyl (C=O) groups is 1. The molecule has 1 aromatic rings. The van der Waals surface area contributed by atoms with Crippen LogP contribution in [0.2, 0.25) is 5.02 Å². The predicted octanol–water partition coefficient (Wildman–Crippen LogP) is 3.19. The van der Waals surface area contributed by atoms with Crippen molar-refractivity contribution in [1.82, 2.24) is 0 Å². The van der Waals surface area contributed by atoms with E-state index in [1.807, 2.05) is 6.92 Å². The van der Waals surface area contributed by atoms with Crippen LogP contribution < -0.4 is 10.6 Å². The molecule has 1 amide bonds. The number of nitrogens with one attached hydrogen (secondary N) is 1. The van der Waals surface area contributed by atoms with Crippen molar-refractivity contribution in [2.45, 2.75) is 52.1 Å². The fraction of sp³-hybridized carbons (Fsp3) is 0.588. The minimum Gasteiger partial charge on any atom is -0.334 e. The highest BCUT2D eigenvalue weighted by Crippen LogP contribution is 2.27. The summed E-state index contributed by atoms with van der Waals surface area (Å²) >= 11 is 5.95. The van der Waals surface area contributed by atoms with Crippen molar-refractivity contribution in [3.63, 3.8) is 0 Å². The third-order valence-electron chi connectivity index (χ3n) is 4.91. The molecule has 1 aliphatic rings. The summed E-state index contributed by atoms with van der Waals surface area (Å²) in [7, 11) is 0. The lowest BCUT2D eigenvalue weighted by Crippen LogP contribution is -2.97. The van der Waals surface area contributed by atoms with Crippen molar-refractivity contribution < 1.29 is 14.5 Å². The summed E-state index contributed by atoms with van der Waals surface area (Å²) < 4.78 is 13.0. The summed E-state index contributed by atoms with van der Waals surface area (Å²) in [6.07, 6.45) is 3.66. The maximum atomic E-state index is 13.0. The zero-order chi connectivity index (χ0) is 16.3. The average Bonchev–Trinajstić information content (AvgIpc) is 2.46. The summed E-state index contributed by atoms with van der Waals surface area (Å²) in [4.78, 5) is 12.3. The molecular formula is C17H25ClFN2O+. The molecule has 0 spiro atoms. The molecule has 0 radical (unpaired) electrons. The van der Waals surface area contributed by atoms with Gasteiger partial charge >= 0.3 is 0 Å². The van der Waals surface area contributed by atoms with E-state index in [4.69, 9.17) is 11.6 Å². The van der Waals surface area contributed by atoms with Gasteiger partial charge in [0.1, 0.15) is 5.82 Å². The van der Waals surface area contributed by atoms with Crippen LogP contribution in [0, 0.1) is 17.7 Å². The first kappa shape index (κ1) is 17.2. The van der Waals surface area contributed by atoms with Crippen LogP contribution in [0.3, 0.4) is 0 Å². The third-order valence-corrected chi connectivity index (χ3v) is 5.22. The monoisotopic (exact) mass is 327 g/mol. The Morgan fingerprint density at radius 1 is 1.41 bits per heavy atom. The molecule has 0 aliphatic heterocycles. The molecule has 1 fully saturated rings. The highest BCUT2D eigenvalue weighted by Gasteiger charge is 2.32. The maximum absolute atomic E-state index is 13.0. The summed E-state index contributed by atoms with van der Waals surface area (Å²) in [5.74, 6) is 0.807. The second-order valence-electron chi connectivity index (χ2n) is 6.53. The number of benzene rings is 1. The minimum absolute atomic E-state index is 0.0982. The zero-order valence-electron chi connectivity index (χ0n) is 13.4. The Morgan fingerprint density at radius 3 is 2.82 bits per heavy atom. The summed E-state index contributed by atoms with van der Waals surface area (Å²) in [5, 5.41) is 5.17. The van der Waals surface area contributed by atoms with Crippen molar-refractivity contribution in [2.24, 2.45) is 11.8 Å². The number of hydrogen-bond acceptors (Lipinski definition) is 1. The molecule has 0 aromatic heterocycles. The fourth-order valence-electron chi connectivity index (χ4n) is 3.19. The van der Waals surface area contributed by atoms with Crippen molar-refractivity contribution in [2.75, 3.05) is 5.32 Å². The van der Waals surface area contributed by atoms with Gasteiger partial charge in [0.2, 0.25) is 0 Å². The molecule has 22 heavy (non-hydrogen) atoms. The van der Waals surface area contributed by atoms with Crippen molar-refractivity contribution >= 4 is 23.2 Å². The molecule has 2 rings (SSSR count). The highest BCUT2D eigenvalue weighted by molar-refractivity contribution is 6.33. The molecule has 4 atom stereocenters. The first-order valence-corrected chi connectivity index (χ1v) is 8.37. The van der Waals surface area contributed by atoms with E-state index in [0.717, 1.165) is 6.42 Å². The molecule has 3 nitrogen and oxygen atoms in total. The second kappa shape index (κ2) is 7.42. The maximum Gasteiger partial charge on any atom is 0.282 e. The van der Waals surface area contributed by atoms with E-state index in [2.05, 4.69) is 24.5 Å². The van der Waals surface area contributed by atoms with Crippen molar-refractivity contribution in [3.8, 4) is 0 Å². The van der Waals surface area contributed by atoms with E-state index < -0.39 is 5.82 Å². The van der Waals surface area contributed by atoms with Gasteiger partial charge in [-0.3, -0.25) is 4.79 Å². The molecule has 5 heteroatoms. The van der Waals surface area contributed by atoms with E-state index in [9.17, 15) is 9.18 Å². The Bertz CT molecular complexity index is 537. The lowest BCUT2D eigenvalue weighted by molar-refractivity contribution is -0.715. The molecule has 3 N–H and O–H groups in total. The zero-order valence-corrected chi connectivity index (χ0v) is 14.2. The van der Waals surface area contributed by atoms with Gasteiger partial charge in [-0.25, -0.2) is 4.39 Å². The molecule has 0 bridgehead atoms. The van der Waals surface area contributed by atoms with Crippen LogP contribution in [-0.2, 0) is 4.79 Å². The summed E-state index contributed by atoms with van der Waals surface area (Å²) in [5.41, 5.74) is 0.457. The van der Waals surface area contributed by atoms with Gasteiger partial charge in [0, 0.05) is 5.92 Å². The van der Waals surface area contributed by atoms with E-state index in [1.165, 1.54) is 31.0 Å². The van der Waals surface area contributed by atoms with Crippen LogP contribution in [0.25, 0.3) is 0 Å². The van der Waals surface area contributed by atoms with Crippen LogP contribution in [0.4, 0.5) is 10.1 Å². The first-order chi connectivity index (χ1) is 10.4. The molecule has 0 unspecified atom stereocenters. The van der Waals surface area contributed by atoms with Gasteiger partial charge in [0.15, 0.2) is 6.04 Å². The second-order valence-corrected chi connectivity index (χ2v) is 6.93. The van der Waals surface area contributed by atoms with E-state index in [1.54, 1.807) is 0 Å². The van der Waals surface area contributed by atoms with Gasteiger partial charge in [-0.05, 0) is 50.3 Å². The molecular weight excluding hydrogens is 303 g/mol. The molecule has 0 heterocycles. The van der Waals surface area contributed by atoms with Crippen molar-refractivity contribution in [1.29, 1.82) is 0 Å². The topological polar surface area (TPSA) is 45.7 Å². The first-order valence-electron chi connectivity index (χ1n) is 7.99. The Kier molecular flexibility index (Phi) is 5.81. The summed E-state index contributed by atoms with van der Waals surface area (Å²) in [6.45, 7) is 6.46. The number of amides is 1. The van der Waals surface area contributed by atoms with Crippen LogP contribution in [0.1, 0.15) is 40.0 Å². The molecule has 1 aromatic carbocycles. The van der Waals surface area contributed by atoms with E-state index in [-0.39, 0.29) is 17.0 Å². The Hall–Kier alpha value is -1.13. The van der Waals surface area contributed by atoms with Gasteiger partial charge in [-0.1, -0.05) is 25.4 Å². The molecule has 122 valence electrons. The van der Waals surface area contributed by atoms with Gasteiger partial charge in [0.05, 0.1) is 16.8 Å². The number of nitrogens with two attached hydrogens (primary N) is 1. The van der Waals surface area contributed by atoms with Crippen molar-refractivity contribution in [3.05, 3.63) is 29.0 Å². The molecule has 1 saturated carbocycles. The van der Waals surface area contributed by atoms with Crippen LogP contribution in [0.5, 0.6) is 0 Å². The Morgan fingerprint density at radius 2 is 2.14 bits per heavy atom. The van der Waals surface area contributed by atoms with Gasteiger partial charge in [0.25, 0.3) is 5.91 Å². The predicted molar refractivity (Wildman–Crippen MR) is 87.4 cm³/mol. The number of anilines is 1. The van der Waals surface area contributed by atoms with E-state index in [0.29, 0.717) is 23.6 Å². The molecule has 0 saturated heterocycles. The lowest BCUT2D eigenvalue weighted by Gasteiger charge is -2.33. The average molecular weight is 328 g/mol. The summed E-state index contributed by atoms with van der Waals surface area (Å²) in [6, 6.07) is 4.28. The fourth-order valence-corrected chi connectivity index (χ4v) is 3.40. The number of halogens is 2. The smallest absolute Gasteiger partial charge is 0.282 e. The quantitative estimate of drug-likeness (QED) is 0.876. The minimum atomic E-state index is -0.410. The normalized spacial score (nSPS) is 26.5. The third kappa shape index (κ3) is 4.20. The Balaban J connectivity index is 1.94. The van der Waals surface area contributed by atoms with Crippen LogP contribution in [-0.4, -0.2) is 18.0 Å². The largest absolute Gasteiger partial charge is 0.334 e. The highest BCUT2D eigenvalue weighted by atomic mass is 35.5. The number of hydrogen-bond donors (Lipinski definition) is 2. The number of quaternary nitrogens is 1.